The Kier molecular flexibility index (Phi) is 6.20. The number of carbonyl (C=O) groups is 1. The van der Waals surface area contributed by atoms with Crippen LogP contribution in [0.25, 0.3) is 0 Å². The lowest BCUT2D eigenvalue weighted by molar-refractivity contribution is 0.0697. The summed E-state index contributed by atoms with van der Waals surface area (Å²) in [5.74, 6) is -0.873. The number of likely N-dealkylation sites (tertiary alicyclic amines) is 1. The first kappa shape index (κ1) is 17.6. The van der Waals surface area contributed by atoms with Gasteiger partial charge >= 0.3 is 5.97 Å². The van der Waals surface area contributed by atoms with Gasteiger partial charge in [-0.2, -0.15) is 0 Å². The molecule has 0 atom stereocenters. The number of aromatic carboxylic acids is 1. The van der Waals surface area contributed by atoms with Crippen LogP contribution < -0.4 is 5.32 Å². The molecule has 0 amide bonds. The lowest BCUT2D eigenvalue weighted by Crippen LogP contribution is -2.42. The van der Waals surface area contributed by atoms with Gasteiger partial charge in [0, 0.05) is 19.1 Å². The molecule has 0 unspecified atom stereocenters. The highest BCUT2D eigenvalue weighted by atomic mass is 16.4. The summed E-state index contributed by atoms with van der Waals surface area (Å²) < 4.78 is 0. The number of hydrogen-bond acceptors (Lipinski definition) is 3. The van der Waals surface area contributed by atoms with E-state index in [-0.39, 0.29) is 0 Å². The monoisotopic (exact) mass is 338 g/mol. The smallest absolute Gasteiger partial charge is 0.335 e. The lowest BCUT2D eigenvalue weighted by atomic mass is 10.0. The van der Waals surface area contributed by atoms with E-state index in [9.17, 15) is 4.79 Å². The molecule has 4 heteroatoms. The van der Waals surface area contributed by atoms with Gasteiger partial charge < -0.3 is 15.3 Å². The number of rotatable bonds is 7. The number of hydrogen-bond donors (Lipinski definition) is 2. The first-order chi connectivity index (χ1) is 12.2. The Labute approximate surface area is 149 Å². The highest BCUT2D eigenvalue weighted by molar-refractivity contribution is 5.87. The molecule has 0 spiro atoms. The van der Waals surface area contributed by atoms with Gasteiger partial charge in [-0.15, -0.1) is 0 Å². The molecule has 0 aliphatic carbocycles. The van der Waals surface area contributed by atoms with Crippen LogP contribution in [0.4, 0.5) is 0 Å². The van der Waals surface area contributed by atoms with Crippen LogP contribution in [0.1, 0.15) is 34.3 Å². The molecule has 1 fully saturated rings. The van der Waals surface area contributed by atoms with Crippen LogP contribution in [-0.4, -0.2) is 41.7 Å². The highest BCUT2D eigenvalue weighted by Gasteiger charge is 2.18. The molecule has 132 valence electrons. The van der Waals surface area contributed by atoms with Gasteiger partial charge in [-0.25, -0.2) is 4.79 Å². The lowest BCUT2D eigenvalue weighted by Gasteiger charge is -2.32. The minimum atomic E-state index is -0.873. The van der Waals surface area contributed by atoms with E-state index in [4.69, 9.17) is 5.11 Å². The Balaban J connectivity index is 1.37. The highest BCUT2D eigenvalue weighted by Crippen LogP contribution is 2.13. The second-order valence-corrected chi connectivity index (χ2v) is 6.73. The molecule has 0 aromatic heterocycles. The molecule has 1 saturated heterocycles. The maximum absolute atomic E-state index is 10.9. The Hall–Kier alpha value is -2.17. The van der Waals surface area contributed by atoms with Gasteiger partial charge in [-0.3, -0.25) is 0 Å². The molecule has 25 heavy (non-hydrogen) atoms. The SMILES string of the molecule is O=C(O)c1ccc(CNC2CCN(CCc3ccccc3)CC2)cc1. The zero-order chi connectivity index (χ0) is 17.5. The molecule has 4 nitrogen and oxygen atoms in total. The maximum atomic E-state index is 10.9. The van der Waals surface area contributed by atoms with Crippen molar-refractivity contribution in [2.75, 3.05) is 19.6 Å². The fourth-order valence-electron chi connectivity index (χ4n) is 3.32. The van der Waals surface area contributed by atoms with Crippen LogP contribution in [-0.2, 0) is 13.0 Å². The van der Waals surface area contributed by atoms with E-state index in [1.807, 2.05) is 12.1 Å². The normalized spacial score (nSPS) is 16.0. The van der Waals surface area contributed by atoms with E-state index in [0.29, 0.717) is 11.6 Å². The van der Waals surface area contributed by atoms with E-state index >= 15 is 0 Å². The molecule has 0 saturated carbocycles. The van der Waals surface area contributed by atoms with Crippen molar-refractivity contribution in [3.63, 3.8) is 0 Å². The zero-order valence-electron chi connectivity index (χ0n) is 14.5. The molecule has 3 rings (SSSR count). The summed E-state index contributed by atoms with van der Waals surface area (Å²) >= 11 is 0. The fourth-order valence-corrected chi connectivity index (χ4v) is 3.32. The number of nitrogens with one attached hydrogen (secondary N) is 1. The number of carboxylic acid groups (broad SMARTS) is 1. The molecule has 1 aliphatic heterocycles. The Morgan fingerprint density at radius 2 is 1.68 bits per heavy atom. The van der Waals surface area contributed by atoms with Crippen molar-refractivity contribution in [3.8, 4) is 0 Å². The zero-order valence-corrected chi connectivity index (χ0v) is 14.5. The van der Waals surface area contributed by atoms with Crippen molar-refractivity contribution in [1.82, 2.24) is 10.2 Å². The molecule has 1 heterocycles. The summed E-state index contributed by atoms with van der Waals surface area (Å²) in [5.41, 5.74) is 2.89. The molecule has 2 N–H and O–H groups in total. The second kappa shape index (κ2) is 8.79. The number of benzene rings is 2. The molecular formula is C21H26N2O2. The number of carboxylic acids is 1. The van der Waals surface area contributed by atoms with Gasteiger partial charge in [0.25, 0.3) is 0 Å². The predicted octanol–water partition coefficient (Wildman–Crippen LogP) is 3.18. The summed E-state index contributed by atoms with van der Waals surface area (Å²) in [6.07, 6.45) is 3.46. The van der Waals surface area contributed by atoms with E-state index in [1.165, 1.54) is 18.4 Å². The average Bonchev–Trinajstić information content (AvgIpc) is 2.67. The van der Waals surface area contributed by atoms with E-state index < -0.39 is 5.97 Å². The third-order valence-electron chi connectivity index (χ3n) is 4.94. The topological polar surface area (TPSA) is 52.6 Å². The van der Waals surface area contributed by atoms with Crippen LogP contribution >= 0.6 is 0 Å². The van der Waals surface area contributed by atoms with Crippen molar-refractivity contribution in [1.29, 1.82) is 0 Å². The number of nitrogens with zero attached hydrogens (tertiary/aromatic N) is 1. The Morgan fingerprint density at radius 1 is 1.00 bits per heavy atom. The Bertz CT molecular complexity index is 662. The van der Waals surface area contributed by atoms with Gasteiger partial charge in [0.2, 0.25) is 0 Å². The summed E-state index contributed by atoms with van der Waals surface area (Å²) in [7, 11) is 0. The molecular weight excluding hydrogens is 312 g/mol. The number of piperidine rings is 1. The molecule has 2 aromatic rings. The summed E-state index contributed by atoms with van der Waals surface area (Å²) in [4.78, 5) is 13.4. The van der Waals surface area contributed by atoms with Gasteiger partial charge in [0.15, 0.2) is 0 Å². The standard InChI is InChI=1S/C21H26N2O2/c24-21(25)19-8-6-18(7-9-19)16-22-20-11-14-23(15-12-20)13-10-17-4-2-1-3-5-17/h1-9,20,22H,10-16H2,(H,24,25). The van der Waals surface area contributed by atoms with Crippen LogP contribution in [0.5, 0.6) is 0 Å². The molecule has 1 aliphatic rings. The van der Waals surface area contributed by atoms with Crippen molar-refractivity contribution in [2.24, 2.45) is 0 Å². The van der Waals surface area contributed by atoms with Gasteiger partial charge in [-0.1, -0.05) is 42.5 Å². The van der Waals surface area contributed by atoms with Crippen molar-refractivity contribution < 1.29 is 9.90 Å². The second-order valence-electron chi connectivity index (χ2n) is 6.73. The maximum Gasteiger partial charge on any atom is 0.335 e. The minimum Gasteiger partial charge on any atom is -0.478 e. The van der Waals surface area contributed by atoms with Crippen LogP contribution in [0, 0.1) is 0 Å². The minimum absolute atomic E-state index is 0.343. The van der Waals surface area contributed by atoms with Gasteiger partial charge in [0.05, 0.1) is 5.56 Å². The third kappa shape index (κ3) is 5.41. The molecule has 2 aromatic carbocycles. The van der Waals surface area contributed by atoms with Crippen molar-refractivity contribution in [3.05, 3.63) is 71.3 Å². The average molecular weight is 338 g/mol. The van der Waals surface area contributed by atoms with Gasteiger partial charge in [0.1, 0.15) is 0 Å². The van der Waals surface area contributed by atoms with Crippen LogP contribution in [0.15, 0.2) is 54.6 Å². The largest absolute Gasteiger partial charge is 0.478 e. The summed E-state index contributed by atoms with van der Waals surface area (Å²) in [6.45, 7) is 4.22. The third-order valence-corrected chi connectivity index (χ3v) is 4.94. The van der Waals surface area contributed by atoms with E-state index in [1.54, 1.807) is 12.1 Å². The van der Waals surface area contributed by atoms with Crippen molar-refractivity contribution >= 4 is 5.97 Å². The first-order valence-corrected chi connectivity index (χ1v) is 9.02. The summed E-state index contributed by atoms with van der Waals surface area (Å²) in [6, 6.07) is 18.4. The fraction of sp³-hybridized carbons (Fsp3) is 0.381. The predicted molar refractivity (Wildman–Crippen MR) is 99.8 cm³/mol. The summed E-state index contributed by atoms with van der Waals surface area (Å²) in [5, 5.41) is 12.5. The van der Waals surface area contributed by atoms with Crippen molar-refractivity contribution in [2.45, 2.75) is 31.8 Å². The molecule has 0 bridgehead atoms. The molecule has 0 radical (unpaired) electrons. The quantitative estimate of drug-likeness (QED) is 0.814. The van der Waals surface area contributed by atoms with Crippen LogP contribution in [0.3, 0.4) is 0 Å². The van der Waals surface area contributed by atoms with Crippen LogP contribution in [0.2, 0.25) is 0 Å². The van der Waals surface area contributed by atoms with E-state index in [2.05, 4.69) is 40.5 Å². The van der Waals surface area contributed by atoms with E-state index in [0.717, 1.165) is 38.2 Å². The first-order valence-electron chi connectivity index (χ1n) is 9.02. The van der Waals surface area contributed by atoms with Gasteiger partial charge in [-0.05, 0) is 55.6 Å². The Morgan fingerprint density at radius 3 is 2.32 bits per heavy atom.